The Labute approximate surface area is 81.1 Å². The van der Waals surface area contributed by atoms with E-state index in [1.165, 1.54) is 7.11 Å². The molecule has 14 heavy (non-hydrogen) atoms. The normalized spacial score (nSPS) is 11.9. The van der Waals surface area contributed by atoms with Gasteiger partial charge in [-0.15, -0.1) is 0 Å². The minimum atomic E-state index is -1.58. The van der Waals surface area contributed by atoms with E-state index in [1.54, 1.807) is 0 Å². The molecular weight excluding hydrogens is 192 g/mol. The summed E-state index contributed by atoms with van der Waals surface area (Å²) in [7, 11) is 1.49. The number of ether oxygens (including phenoxy) is 1. The van der Waals surface area contributed by atoms with Gasteiger partial charge in [0.15, 0.2) is 6.10 Å². The molecule has 0 saturated carbocycles. The van der Waals surface area contributed by atoms with Gasteiger partial charge in [0.1, 0.15) is 0 Å². The molecule has 0 rings (SSSR count). The van der Waals surface area contributed by atoms with Crippen molar-refractivity contribution in [3.63, 3.8) is 0 Å². The summed E-state index contributed by atoms with van der Waals surface area (Å²) in [5.74, 6) is -1.37. The maximum Gasteiger partial charge on any atom is 0.334 e. The van der Waals surface area contributed by atoms with Crippen LogP contribution < -0.4 is 10.6 Å². The van der Waals surface area contributed by atoms with Crippen molar-refractivity contribution in [2.75, 3.05) is 26.8 Å². The van der Waals surface area contributed by atoms with E-state index in [0.717, 1.165) is 0 Å². The number of rotatable bonds is 6. The van der Waals surface area contributed by atoms with Crippen molar-refractivity contribution in [3.05, 3.63) is 0 Å². The Balaban J connectivity index is 3.48. The van der Waals surface area contributed by atoms with E-state index in [4.69, 9.17) is 10.2 Å². The SMILES string of the molecule is COCCNC(=O)NCC(O)C(=O)O. The molecule has 82 valence electrons. The molecule has 0 aromatic carbocycles. The molecule has 0 heterocycles. The van der Waals surface area contributed by atoms with Crippen molar-refractivity contribution in [1.82, 2.24) is 10.6 Å². The number of carbonyl (C=O) groups is 2. The van der Waals surface area contributed by atoms with E-state index in [-0.39, 0.29) is 6.54 Å². The largest absolute Gasteiger partial charge is 0.479 e. The molecule has 7 nitrogen and oxygen atoms in total. The standard InChI is InChI=1S/C7H14N2O5/c1-14-3-2-8-7(13)9-4-5(10)6(11)12/h5,10H,2-4H2,1H3,(H,11,12)(H2,8,9,13). The van der Waals surface area contributed by atoms with Gasteiger partial charge in [-0.3, -0.25) is 0 Å². The lowest BCUT2D eigenvalue weighted by molar-refractivity contribution is -0.146. The number of methoxy groups -OCH3 is 1. The number of nitrogens with one attached hydrogen (secondary N) is 2. The van der Waals surface area contributed by atoms with Crippen LogP contribution in [0.25, 0.3) is 0 Å². The highest BCUT2D eigenvalue weighted by molar-refractivity contribution is 5.76. The number of hydrogen-bond acceptors (Lipinski definition) is 4. The molecule has 1 atom stereocenters. The van der Waals surface area contributed by atoms with Crippen LogP contribution in [0.4, 0.5) is 4.79 Å². The predicted molar refractivity (Wildman–Crippen MR) is 46.9 cm³/mol. The Morgan fingerprint density at radius 2 is 2.07 bits per heavy atom. The van der Waals surface area contributed by atoms with Gasteiger partial charge >= 0.3 is 12.0 Å². The molecule has 0 fully saturated rings. The average molecular weight is 206 g/mol. The predicted octanol–water partition coefficient (Wildman–Crippen LogP) is -1.62. The average Bonchev–Trinajstić information content (AvgIpc) is 2.14. The molecule has 0 spiro atoms. The lowest BCUT2D eigenvalue weighted by Crippen LogP contribution is -2.42. The fourth-order valence-corrected chi connectivity index (χ4v) is 0.606. The van der Waals surface area contributed by atoms with Gasteiger partial charge in [0.25, 0.3) is 0 Å². The van der Waals surface area contributed by atoms with Crippen molar-refractivity contribution in [3.8, 4) is 0 Å². The summed E-state index contributed by atoms with van der Waals surface area (Å²) < 4.78 is 4.67. The van der Waals surface area contributed by atoms with E-state index in [2.05, 4.69) is 15.4 Å². The van der Waals surface area contributed by atoms with Gasteiger partial charge in [0, 0.05) is 13.7 Å². The monoisotopic (exact) mass is 206 g/mol. The first-order chi connectivity index (χ1) is 6.57. The summed E-state index contributed by atoms with van der Waals surface area (Å²) in [5.41, 5.74) is 0. The molecule has 2 amide bonds. The minimum absolute atomic E-state index is 0.325. The van der Waals surface area contributed by atoms with Crippen LogP contribution >= 0.6 is 0 Å². The van der Waals surface area contributed by atoms with Crippen LogP contribution in [-0.2, 0) is 9.53 Å². The molecule has 0 bridgehead atoms. The van der Waals surface area contributed by atoms with Crippen LogP contribution in [0.3, 0.4) is 0 Å². The highest BCUT2D eigenvalue weighted by Gasteiger charge is 2.13. The van der Waals surface area contributed by atoms with Crippen LogP contribution in [0.2, 0.25) is 0 Å². The summed E-state index contributed by atoms with van der Waals surface area (Å²) in [4.78, 5) is 21.0. The van der Waals surface area contributed by atoms with E-state index < -0.39 is 18.1 Å². The van der Waals surface area contributed by atoms with Crippen LogP contribution in [0.5, 0.6) is 0 Å². The fourth-order valence-electron chi connectivity index (χ4n) is 0.606. The third-order valence-electron chi connectivity index (χ3n) is 1.33. The van der Waals surface area contributed by atoms with E-state index in [1.807, 2.05) is 0 Å². The molecule has 4 N–H and O–H groups in total. The van der Waals surface area contributed by atoms with Gasteiger partial charge in [-0.05, 0) is 0 Å². The van der Waals surface area contributed by atoms with Gasteiger partial charge in [-0.2, -0.15) is 0 Å². The summed E-state index contributed by atoms with van der Waals surface area (Å²) >= 11 is 0. The summed E-state index contributed by atoms with van der Waals surface area (Å²) in [6.07, 6.45) is -1.58. The summed E-state index contributed by atoms with van der Waals surface area (Å²) in [6.45, 7) is 0.370. The number of carboxylic acid groups (broad SMARTS) is 1. The molecule has 0 radical (unpaired) electrons. The number of aliphatic hydroxyl groups excluding tert-OH is 1. The smallest absolute Gasteiger partial charge is 0.334 e. The molecule has 0 aliphatic heterocycles. The quantitative estimate of drug-likeness (QED) is 0.390. The van der Waals surface area contributed by atoms with Gasteiger partial charge in [-0.1, -0.05) is 0 Å². The van der Waals surface area contributed by atoms with E-state index in [9.17, 15) is 9.59 Å². The Kier molecular flexibility index (Phi) is 6.42. The summed E-state index contributed by atoms with van der Waals surface area (Å²) in [5, 5.41) is 21.6. The van der Waals surface area contributed by atoms with Gasteiger partial charge < -0.3 is 25.6 Å². The Morgan fingerprint density at radius 1 is 1.43 bits per heavy atom. The van der Waals surface area contributed by atoms with Crippen molar-refractivity contribution < 1.29 is 24.5 Å². The highest BCUT2D eigenvalue weighted by atomic mass is 16.5. The second-order valence-electron chi connectivity index (χ2n) is 2.48. The van der Waals surface area contributed by atoms with Crippen molar-refractivity contribution in [1.29, 1.82) is 0 Å². The Hall–Kier alpha value is -1.34. The molecule has 1 unspecified atom stereocenters. The van der Waals surface area contributed by atoms with Crippen molar-refractivity contribution in [2.24, 2.45) is 0 Å². The minimum Gasteiger partial charge on any atom is -0.479 e. The van der Waals surface area contributed by atoms with Gasteiger partial charge in [0.05, 0.1) is 13.2 Å². The Morgan fingerprint density at radius 3 is 2.57 bits per heavy atom. The second-order valence-corrected chi connectivity index (χ2v) is 2.48. The fraction of sp³-hybridized carbons (Fsp3) is 0.714. The maximum atomic E-state index is 10.9. The molecule has 0 aromatic rings. The highest BCUT2D eigenvalue weighted by Crippen LogP contribution is 1.79. The number of carboxylic acids is 1. The first-order valence-electron chi connectivity index (χ1n) is 3.99. The van der Waals surface area contributed by atoms with Crippen molar-refractivity contribution in [2.45, 2.75) is 6.10 Å². The second kappa shape index (κ2) is 7.10. The van der Waals surface area contributed by atoms with E-state index >= 15 is 0 Å². The molecule has 7 heteroatoms. The zero-order valence-corrected chi connectivity index (χ0v) is 7.82. The number of amides is 2. The molecule has 0 aliphatic carbocycles. The zero-order chi connectivity index (χ0) is 11.0. The molecule has 0 aromatic heterocycles. The molecular formula is C7H14N2O5. The van der Waals surface area contributed by atoms with E-state index in [0.29, 0.717) is 13.2 Å². The number of aliphatic carboxylic acids is 1. The van der Waals surface area contributed by atoms with Crippen LogP contribution in [0, 0.1) is 0 Å². The first-order valence-corrected chi connectivity index (χ1v) is 3.99. The van der Waals surface area contributed by atoms with Crippen LogP contribution in [0.15, 0.2) is 0 Å². The van der Waals surface area contributed by atoms with Gasteiger partial charge in [0.2, 0.25) is 0 Å². The number of carbonyl (C=O) groups excluding carboxylic acids is 1. The number of hydrogen-bond donors (Lipinski definition) is 4. The lowest BCUT2D eigenvalue weighted by atomic mass is 10.4. The summed E-state index contributed by atoms with van der Waals surface area (Å²) in [6, 6.07) is -0.539. The van der Waals surface area contributed by atoms with Gasteiger partial charge in [-0.25, -0.2) is 9.59 Å². The van der Waals surface area contributed by atoms with Crippen molar-refractivity contribution >= 4 is 12.0 Å². The third-order valence-corrected chi connectivity index (χ3v) is 1.33. The molecule has 0 aliphatic rings. The Bertz CT molecular complexity index is 197. The topological polar surface area (TPSA) is 108 Å². The van der Waals surface area contributed by atoms with Crippen LogP contribution in [-0.4, -0.2) is 55.1 Å². The maximum absolute atomic E-state index is 10.9. The number of aliphatic hydroxyl groups is 1. The lowest BCUT2D eigenvalue weighted by Gasteiger charge is -2.08. The molecule has 0 saturated heterocycles. The third kappa shape index (κ3) is 6.21. The first kappa shape index (κ1) is 12.7. The van der Waals surface area contributed by atoms with Crippen LogP contribution in [0.1, 0.15) is 0 Å². The number of urea groups is 1. The zero-order valence-electron chi connectivity index (χ0n) is 7.82.